The van der Waals surface area contributed by atoms with Crippen LogP contribution in [0.25, 0.3) is 0 Å². The van der Waals surface area contributed by atoms with Crippen LogP contribution in [0.1, 0.15) is 21.5 Å². The number of nitrogens with zero attached hydrogens (tertiary/aromatic N) is 1. The molecule has 1 amide bonds. The summed E-state index contributed by atoms with van der Waals surface area (Å²) in [5.41, 5.74) is 15.6. The van der Waals surface area contributed by atoms with Crippen molar-refractivity contribution in [2.75, 3.05) is 17.7 Å². The molecule has 2 aromatic carbocycles. The summed E-state index contributed by atoms with van der Waals surface area (Å²) >= 11 is 0. The Morgan fingerprint density at radius 2 is 1.80 bits per heavy atom. The van der Waals surface area contributed by atoms with Gasteiger partial charge in [-0.1, -0.05) is 29.8 Å². The van der Waals surface area contributed by atoms with Crippen molar-refractivity contribution in [1.82, 2.24) is 0 Å². The first-order valence-corrected chi connectivity index (χ1v) is 6.43. The summed E-state index contributed by atoms with van der Waals surface area (Å²) in [5, 5.41) is 0. The Balaban J connectivity index is 2.24. The minimum atomic E-state index is -0.449. The number of amides is 1. The van der Waals surface area contributed by atoms with Crippen LogP contribution in [-0.2, 0) is 6.54 Å². The zero-order valence-electron chi connectivity index (χ0n) is 11.8. The summed E-state index contributed by atoms with van der Waals surface area (Å²) < 4.78 is 0. The molecule has 0 bridgehead atoms. The molecule has 0 aromatic heterocycles. The third-order valence-electron chi connectivity index (χ3n) is 3.27. The molecule has 0 unspecified atom stereocenters. The zero-order chi connectivity index (χ0) is 14.7. The molecule has 4 nitrogen and oxygen atoms in total. The van der Waals surface area contributed by atoms with Crippen LogP contribution in [0.5, 0.6) is 0 Å². The van der Waals surface area contributed by atoms with Gasteiger partial charge in [0, 0.05) is 19.2 Å². The number of aryl methyl sites for hydroxylation is 1. The smallest absolute Gasteiger partial charge is 0.248 e. The summed E-state index contributed by atoms with van der Waals surface area (Å²) in [6.45, 7) is 2.77. The SMILES string of the molecule is Cc1ccc(CN(C)c2cc(C(N)=O)ccc2N)cc1. The lowest BCUT2D eigenvalue weighted by atomic mass is 10.1. The lowest BCUT2D eigenvalue weighted by molar-refractivity contribution is 0.100. The minimum Gasteiger partial charge on any atom is -0.397 e. The third kappa shape index (κ3) is 3.09. The maximum atomic E-state index is 11.2. The first kappa shape index (κ1) is 13.9. The molecule has 0 radical (unpaired) electrons. The van der Waals surface area contributed by atoms with Crippen molar-refractivity contribution in [3.63, 3.8) is 0 Å². The molecule has 0 saturated carbocycles. The molecule has 2 aromatic rings. The first-order valence-electron chi connectivity index (χ1n) is 6.43. The molecule has 4 heteroatoms. The lowest BCUT2D eigenvalue weighted by Gasteiger charge is -2.22. The van der Waals surface area contributed by atoms with Crippen molar-refractivity contribution >= 4 is 17.3 Å². The molecule has 0 aliphatic rings. The highest BCUT2D eigenvalue weighted by Gasteiger charge is 2.09. The maximum Gasteiger partial charge on any atom is 0.248 e. The van der Waals surface area contributed by atoms with Crippen LogP contribution in [0.2, 0.25) is 0 Å². The van der Waals surface area contributed by atoms with Gasteiger partial charge >= 0.3 is 0 Å². The van der Waals surface area contributed by atoms with E-state index in [1.54, 1.807) is 18.2 Å². The highest BCUT2D eigenvalue weighted by molar-refractivity contribution is 5.95. The second-order valence-electron chi connectivity index (χ2n) is 4.98. The van der Waals surface area contributed by atoms with E-state index in [1.807, 2.05) is 11.9 Å². The van der Waals surface area contributed by atoms with E-state index in [9.17, 15) is 4.79 Å². The van der Waals surface area contributed by atoms with Crippen LogP contribution in [-0.4, -0.2) is 13.0 Å². The molecule has 0 spiro atoms. The van der Waals surface area contributed by atoms with Gasteiger partial charge in [-0.05, 0) is 30.7 Å². The van der Waals surface area contributed by atoms with Crippen molar-refractivity contribution < 1.29 is 4.79 Å². The number of rotatable bonds is 4. The Morgan fingerprint density at radius 1 is 1.15 bits per heavy atom. The molecule has 0 saturated heterocycles. The number of carbonyl (C=O) groups excluding carboxylic acids is 1. The van der Waals surface area contributed by atoms with Crippen molar-refractivity contribution in [2.45, 2.75) is 13.5 Å². The molecule has 0 heterocycles. The normalized spacial score (nSPS) is 10.3. The molecule has 0 aliphatic carbocycles. The maximum absolute atomic E-state index is 11.2. The van der Waals surface area contributed by atoms with Crippen LogP contribution < -0.4 is 16.4 Å². The largest absolute Gasteiger partial charge is 0.397 e. The summed E-state index contributed by atoms with van der Waals surface area (Å²) in [7, 11) is 1.94. The number of hydrogen-bond donors (Lipinski definition) is 2. The van der Waals surface area contributed by atoms with E-state index in [-0.39, 0.29) is 0 Å². The highest BCUT2D eigenvalue weighted by atomic mass is 16.1. The third-order valence-corrected chi connectivity index (χ3v) is 3.27. The Bertz CT molecular complexity index is 620. The number of benzene rings is 2. The van der Waals surface area contributed by atoms with Crippen molar-refractivity contribution in [3.05, 3.63) is 59.2 Å². The van der Waals surface area contributed by atoms with Crippen LogP contribution in [0.4, 0.5) is 11.4 Å². The Morgan fingerprint density at radius 3 is 2.40 bits per heavy atom. The second kappa shape index (κ2) is 5.65. The van der Waals surface area contributed by atoms with Gasteiger partial charge in [0.15, 0.2) is 0 Å². The van der Waals surface area contributed by atoms with E-state index in [1.165, 1.54) is 11.1 Å². The first-order chi connectivity index (χ1) is 9.47. The van der Waals surface area contributed by atoms with Crippen molar-refractivity contribution in [3.8, 4) is 0 Å². The van der Waals surface area contributed by atoms with E-state index < -0.39 is 5.91 Å². The van der Waals surface area contributed by atoms with Crippen LogP contribution in [0.15, 0.2) is 42.5 Å². The van der Waals surface area contributed by atoms with Crippen LogP contribution in [0, 0.1) is 6.92 Å². The molecule has 4 N–H and O–H groups in total. The second-order valence-corrected chi connectivity index (χ2v) is 4.98. The summed E-state index contributed by atoms with van der Waals surface area (Å²) in [6.07, 6.45) is 0. The summed E-state index contributed by atoms with van der Waals surface area (Å²) in [6, 6.07) is 13.4. The Kier molecular flexibility index (Phi) is 3.94. The van der Waals surface area contributed by atoms with Gasteiger partial charge in [0.1, 0.15) is 0 Å². The number of hydrogen-bond acceptors (Lipinski definition) is 3. The Hall–Kier alpha value is -2.49. The molecule has 0 aliphatic heterocycles. The fourth-order valence-electron chi connectivity index (χ4n) is 2.08. The van der Waals surface area contributed by atoms with Gasteiger partial charge in [0.2, 0.25) is 5.91 Å². The van der Waals surface area contributed by atoms with Crippen molar-refractivity contribution in [2.24, 2.45) is 5.73 Å². The molecule has 2 rings (SSSR count). The van der Waals surface area contributed by atoms with Crippen molar-refractivity contribution in [1.29, 1.82) is 0 Å². The van der Waals surface area contributed by atoms with Gasteiger partial charge < -0.3 is 16.4 Å². The van der Waals surface area contributed by atoms with E-state index in [4.69, 9.17) is 11.5 Å². The van der Waals surface area contributed by atoms with E-state index in [2.05, 4.69) is 31.2 Å². The van der Waals surface area contributed by atoms with Gasteiger partial charge in [-0.2, -0.15) is 0 Å². The number of anilines is 2. The molecule has 20 heavy (non-hydrogen) atoms. The van der Waals surface area contributed by atoms with E-state index in [0.717, 1.165) is 5.69 Å². The molecule has 0 atom stereocenters. The fraction of sp³-hybridized carbons (Fsp3) is 0.188. The zero-order valence-corrected chi connectivity index (χ0v) is 11.8. The van der Waals surface area contributed by atoms with Gasteiger partial charge in [-0.25, -0.2) is 0 Å². The Labute approximate surface area is 119 Å². The van der Waals surface area contributed by atoms with Gasteiger partial charge in [-0.15, -0.1) is 0 Å². The van der Waals surface area contributed by atoms with Gasteiger partial charge in [0.25, 0.3) is 0 Å². The number of nitrogens with two attached hydrogens (primary N) is 2. The predicted molar refractivity (Wildman–Crippen MR) is 82.7 cm³/mol. The number of primary amides is 1. The van der Waals surface area contributed by atoms with Crippen LogP contribution >= 0.6 is 0 Å². The van der Waals surface area contributed by atoms with E-state index in [0.29, 0.717) is 17.8 Å². The highest BCUT2D eigenvalue weighted by Crippen LogP contribution is 2.25. The fourth-order valence-corrected chi connectivity index (χ4v) is 2.08. The standard InChI is InChI=1S/C16H19N3O/c1-11-3-5-12(6-4-11)10-19(2)15-9-13(16(18)20)7-8-14(15)17/h3-9H,10,17H2,1-2H3,(H2,18,20). The predicted octanol–water partition coefficient (Wildman–Crippen LogP) is 2.31. The average Bonchev–Trinajstić information content (AvgIpc) is 2.41. The minimum absolute atomic E-state index is 0.449. The summed E-state index contributed by atoms with van der Waals surface area (Å²) in [4.78, 5) is 13.3. The summed E-state index contributed by atoms with van der Waals surface area (Å²) in [5.74, 6) is -0.449. The van der Waals surface area contributed by atoms with E-state index >= 15 is 0 Å². The lowest BCUT2D eigenvalue weighted by Crippen LogP contribution is -2.19. The van der Waals surface area contributed by atoms with Gasteiger partial charge in [-0.3, -0.25) is 4.79 Å². The molecule has 104 valence electrons. The van der Waals surface area contributed by atoms with Crippen LogP contribution in [0.3, 0.4) is 0 Å². The number of nitrogen functional groups attached to an aromatic ring is 1. The number of carbonyl (C=O) groups is 1. The molecular weight excluding hydrogens is 250 g/mol. The topological polar surface area (TPSA) is 72.3 Å². The monoisotopic (exact) mass is 269 g/mol. The van der Waals surface area contributed by atoms with Gasteiger partial charge in [0.05, 0.1) is 11.4 Å². The average molecular weight is 269 g/mol. The quantitative estimate of drug-likeness (QED) is 0.837. The molecular formula is C16H19N3O. The molecule has 0 fully saturated rings.